The second kappa shape index (κ2) is 8.73. The van der Waals surface area contributed by atoms with Gasteiger partial charge in [0, 0.05) is 5.69 Å². The molecule has 33 heavy (non-hydrogen) atoms. The molecule has 1 atom stereocenters. The van der Waals surface area contributed by atoms with E-state index in [2.05, 4.69) is 26.3 Å². The predicted molar refractivity (Wildman–Crippen MR) is 130 cm³/mol. The molecule has 4 aromatic rings. The summed E-state index contributed by atoms with van der Waals surface area (Å²) in [4.78, 5) is 22.7. The minimum absolute atomic E-state index is 0.263. The molecule has 160 valence electrons. The Hall–Kier alpha value is -4.22. The number of rotatable bonds is 4. The zero-order valence-electron chi connectivity index (χ0n) is 17.6. The topological polar surface area (TPSA) is 97.5 Å². The molecule has 2 heterocycles. The fourth-order valence-electron chi connectivity index (χ4n) is 3.49. The van der Waals surface area contributed by atoms with Gasteiger partial charge in [-0.15, -0.1) is 0 Å². The van der Waals surface area contributed by atoms with E-state index in [0.29, 0.717) is 22.2 Å². The number of H-pyrrole nitrogens is 1. The van der Waals surface area contributed by atoms with Crippen molar-refractivity contribution in [3.63, 3.8) is 0 Å². The Bertz CT molecular complexity index is 1400. The molecule has 1 N–H and O–H groups in total. The lowest BCUT2D eigenvalue weighted by atomic mass is 10.2. The third-order valence-electron chi connectivity index (χ3n) is 5.14. The average Bonchev–Trinajstić information content (AvgIpc) is 3.41. The number of nitriles is 1. The molecule has 1 aliphatic rings. The van der Waals surface area contributed by atoms with Crippen LogP contribution in [0.3, 0.4) is 0 Å². The molecule has 0 bridgehead atoms. The molecule has 0 spiro atoms. The van der Waals surface area contributed by atoms with Crippen molar-refractivity contribution in [2.24, 2.45) is 10.2 Å². The number of allylic oxidation sites excluding steroid dienone is 1. The molecule has 1 aliphatic heterocycles. The summed E-state index contributed by atoms with van der Waals surface area (Å²) in [7, 11) is 0. The van der Waals surface area contributed by atoms with Crippen LogP contribution in [-0.2, 0) is 4.79 Å². The number of carbonyl (C=O) groups is 1. The number of fused-ring (bicyclic) bond motifs is 1. The van der Waals surface area contributed by atoms with Crippen LogP contribution in [0.4, 0.5) is 11.4 Å². The van der Waals surface area contributed by atoms with Crippen molar-refractivity contribution in [2.45, 2.75) is 12.3 Å². The van der Waals surface area contributed by atoms with Crippen molar-refractivity contribution < 1.29 is 4.79 Å². The van der Waals surface area contributed by atoms with Crippen molar-refractivity contribution >= 4 is 45.7 Å². The normalized spacial score (nSPS) is 17.6. The second-order valence-electron chi connectivity index (χ2n) is 7.42. The van der Waals surface area contributed by atoms with Crippen molar-refractivity contribution in [1.82, 2.24) is 9.97 Å². The number of amides is 1. The lowest BCUT2D eigenvalue weighted by Gasteiger charge is -2.17. The van der Waals surface area contributed by atoms with Gasteiger partial charge in [-0.1, -0.05) is 59.8 Å². The maximum atomic E-state index is 13.4. The Morgan fingerprint density at radius 1 is 1.06 bits per heavy atom. The Labute approximate surface area is 194 Å². The highest BCUT2D eigenvalue weighted by molar-refractivity contribution is 8.05. The van der Waals surface area contributed by atoms with E-state index >= 15 is 0 Å². The largest absolute Gasteiger partial charge is 0.337 e. The molecule has 5 rings (SSSR count). The molecule has 0 aliphatic carbocycles. The monoisotopic (exact) mass is 450 g/mol. The molecule has 1 aromatic heterocycles. The van der Waals surface area contributed by atoms with Crippen LogP contribution < -0.4 is 4.90 Å². The first kappa shape index (κ1) is 20.7. The van der Waals surface area contributed by atoms with Gasteiger partial charge in [0.15, 0.2) is 5.82 Å². The third kappa shape index (κ3) is 4.02. The Morgan fingerprint density at radius 3 is 2.52 bits per heavy atom. The number of nitrogens with zero attached hydrogens (tertiary/aromatic N) is 5. The smallest absolute Gasteiger partial charge is 0.269 e. The van der Waals surface area contributed by atoms with Gasteiger partial charge in [-0.2, -0.15) is 15.5 Å². The molecule has 7 nitrogen and oxygen atoms in total. The molecule has 1 fully saturated rings. The summed E-state index contributed by atoms with van der Waals surface area (Å²) in [6.07, 6.45) is 0. The number of nitrogens with one attached hydrogen (secondary N) is 1. The molecule has 0 radical (unpaired) electrons. The van der Waals surface area contributed by atoms with E-state index < -0.39 is 5.37 Å². The minimum Gasteiger partial charge on any atom is -0.337 e. The third-order valence-corrected chi connectivity index (χ3v) is 6.27. The van der Waals surface area contributed by atoms with Crippen LogP contribution in [0.2, 0.25) is 0 Å². The molecular formula is C25H18N6OS. The molecular weight excluding hydrogens is 432 g/mol. The Balaban J connectivity index is 1.59. The number of benzene rings is 3. The SMILES string of the molecule is Cc1ccc(N=NC2S/C(=C(/C#N)c3nc4ccccc4[nH]3)N(c3ccccc3)C2=O)cc1. The first-order valence-electron chi connectivity index (χ1n) is 10.3. The Kier molecular flexibility index (Phi) is 5.47. The number of aryl methyl sites for hydroxylation is 1. The van der Waals surface area contributed by atoms with E-state index in [4.69, 9.17) is 0 Å². The molecule has 8 heteroatoms. The zero-order chi connectivity index (χ0) is 22.8. The van der Waals surface area contributed by atoms with Gasteiger partial charge < -0.3 is 4.98 Å². The lowest BCUT2D eigenvalue weighted by molar-refractivity contribution is -0.117. The molecule has 0 saturated carbocycles. The van der Waals surface area contributed by atoms with Crippen molar-refractivity contribution in [2.75, 3.05) is 4.90 Å². The van der Waals surface area contributed by atoms with Crippen LogP contribution in [0.5, 0.6) is 0 Å². The number of azo groups is 1. The van der Waals surface area contributed by atoms with Gasteiger partial charge in [0.05, 0.1) is 16.7 Å². The summed E-state index contributed by atoms with van der Waals surface area (Å²) < 4.78 is 0. The Morgan fingerprint density at radius 2 is 1.79 bits per heavy atom. The maximum Gasteiger partial charge on any atom is 0.269 e. The summed E-state index contributed by atoms with van der Waals surface area (Å²) in [6.45, 7) is 1.99. The summed E-state index contributed by atoms with van der Waals surface area (Å²) in [6, 6.07) is 26.6. The van der Waals surface area contributed by atoms with Gasteiger partial charge in [0.25, 0.3) is 5.91 Å². The van der Waals surface area contributed by atoms with Crippen LogP contribution in [-0.4, -0.2) is 21.2 Å². The number of para-hydroxylation sites is 3. The highest BCUT2D eigenvalue weighted by atomic mass is 32.2. The molecule has 3 aromatic carbocycles. The number of aromatic nitrogens is 2. The fraction of sp³-hybridized carbons (Fsp3) is 0.0800. The van der Waals surface area contributed by atoms with Gasteiger partial charge in [-0.05, 0) is 43.3 Å². The molecule has 1 saturated heterocycles. The zero-order valence-corrected chi connectivity index (χ0v) is 18.5. The van der Waals surface area contributed by atoms with Crippen LogP contribution >= 0.6 is 11.8 Å². The first-order valence-corrected chi connectivity index (χ1v) is 11.1. The van der Waals surface area contributed by atoms with Gasteiger partial charge in [0.2, 0.25) is 5.37 Å². The van der Waals surface area contributed by atoms with Crippen LogP contribution in [0, 0.1) is 18.3 Å². The number of hydrogen-bond acceptors (Lipinski definition) is 6. The standard InChI is InChI=1S/C25H18N6OS/c1-16-11-13-17(14-12-16)29-30-23-24(32)31(18-7-3-2-4-8-18)25(33-23)19(15-26)22-27-20-9-5-6-10-21(20)28-22/h2-14,23H,1H3,(H,27,28)/b25-19-,30-29?. The van der Waals surface area contributed by atoms with E-state index in [0.717, 1.165) is 16.6 Å². The van der Waals surface area contributed by atoms with E-state index in [1.54, 1.807) is 0 Å². The van der Waals surface area contributed by atoms with Crippen molar-refractivity contribution in [3.8, 4) is 6.07 Å². The lowest BCUT2D eigenvalue weighted by Crippen LogP contribution is -2.28. The number of hydrogen-bond donors (Lipinski definition) is 1. The van der Waals surface area contributed by atoms with Gasteiger partial charge in [-0.3, -0.25) is 9.69 Å². The second-order valence-corrected chi connectivity index (χ2v) is 8.49. The number of carbonyl (C=O) groups excluding carboxylic acids is 1. The van der Waals surface area contributed by atoms with Crippen LogP contribution in [0.25, 0.3) is 16.6 Å². The van der Waals surface area contributed by atoms with Crippen molar-refractivity contribution in [1.29, 1.82) is 5.26 Å². The molecule has 1 amide bonds. The highest BCUT2D eigenvalue weighted by Gasteiger charge is 2.40. The fourth-order valence-corrected chi connectivity index (χ4v) is 4.56. The first-order chi connectivity index (χ1) is 16.1. The highest BCUT2D eigenvalue weighted by Crippen LogP contribution is 2.43. The van der Waals surface area contributed by atoms with Gasteiger partial charge in [-0.25, -0.2) is 4.98 Å². The predicted octanol–water partition coefficient (Wildman–Crippen LogP) is 5.95. The molecule has 1 unspecified atom stereocenters. The van der Waals surface area contributed by atoms with E-state index in [1.165, 1.54) is 16.7 Å². The minimum atomic E-state index is -0.811. The quantitative estimate of drug-likeness (QED) is 0.307. The average molecular weight is 451 g/mol. The van der Waals surface area contributed by atoms with Crippen molar-refractivity contribution in [3.05, 3.63) is 95.3 Å². The van der Waals surface area contributed by atoms with E-state index in [-0.39, 0.29) is 11.5 Å². The summed E-state index contributed by atoms with van der Waals surface area (Å²) in [5, 5.41) is 18.3. The number of aromatic amines is 1. The van der Waals surface area contributed by atoms with E-state index in [9.17, 15) is 10.1 Å². The van der Waals surface area contributed by atoms with Gasteiger partial charge >= 0.3 is 0 Å². The van der Waals surface area contributed by atoms with E-state index in [1.807, 2.05) is 85.8 Å². The number of thioether (sulfide) groups is 1. The summed E-state index contributed by atoms with van der Waals surface area (Å²) >= 11 is 1.19. The van der Waals surface area contributed by atoms with Gasteiger partial charge in [0.1, 0.15) is 16.7 Å². The number of imidazole rings is 1. The summed E-state index contributed by atoms with van der Waals surface area (Å²) in [5.74, 6) is 0.145. The summed E-state index contributed by atoms with van der Waals surface area (Å²) in [5.41, 5.74) is 4.28. The van der Waals surface area contributed by atoms with Crippen LogP contribution in [0.15, 0.2) is 94.1 Å². The van der Waals surface area contributed by atoms with Crippen LogP contribution in [0.1, 0.15) is 11.4 Å². The maximum absolute atomic E-state index is 13.4. The number of anilines is 1.